The zero-order chi connectivity index (χ0) is 15.1. The highest BCUT2D eigenvalue weighted by atomic mass is 16.6. The average molecular weight is 288 g/mol. The van der Waals surface area contributed by atoms with Crippen molar-refractivity contribution in [1.29, 1.82) is 0 Å². The Morgan fingerprint density at radius 3 is 2.76 bits per heavy atom. The highest BCUT2D eigenvalue weighted by molar-refractivity contribution is 5.45. The molecule has 0 radical (unpaired) electrons. The highest BCUT2D eigenvalue weighted by Gasteiger charge is 2.13. The normalized spacial score (nSPS) is 10.1. The third-order valence-corrected chi connectivity index (χ3v) is 2.70. The number of hydrogen-bond donors (Lipinski definition) is 1. The van der Waals surface area contributed by atoms with Crippen molar-refractivity contribution in [3.05, 3.63) is 52.5 Å². The molecular weight excluding hydrogens is 272 g/mol. The van der Waals surface area contributed by atoms with Gasteiger partial charge in [0.15, 0.2) is 5.75 Å². The summed E-state index contributed by atoms with van der Waals surface area (Å²) in [6.07, 6.45) is 4.21. The number of ether oxygens (including phenoxy) is 1. The van der Waals surface area contributed by atoms with Crippen LogP contribution in [0.5, 0.6) is 5.75 Å². The highest BCUT2D eigenvalue weighted by Crippen LogP contribution is 2.26. The van der Waals surface area contributed by atoms with Gasteiger partial charge in [-0.3, -0.25) is 15.1 Å². The molecule has 0 aliphatic rings. The van der Waals surface area contributed by atoms with E-state index in [-0.39, 0.29) is 18.0 Å². The van der Waals surface area contributed by atoms with Gasteiger partial charge in [-0.1, -0.05) is 19.1 Å². The summed E-state index contributed by atoms with van der Waals surface area (Å²) >= 11 is 0. The van der Waals surface area contributed by atoms with Crippen LogP contribution in [0.4, 0.5) is 11.5 Å². The number of benzene rings is 1. The predicted octanol–water partition coefficient (Wildman–Crippen LogP) is 2.79. The van der Waals surface area contributed by atoms with Crippen LogP contribution in [0.25, 0.3) is 0 Å². The minimum atomic E-state index is -0.473. The first kappa shape index (κ1) is 14.7. The van der Waals surface area contributed by atoms with E-state index in [4.69, 9.17) is 4.74 Å². The molecule has 21 heavy (non-hydrogen) atoms. The lowest BCUT2D eigenvalue weighted by molar-refractivity contribution is -0.385. The summed E-state index contributed by atoms with van der Waals surface area (Å²) in [5, 5.41) is 14.0. The van der Waals surface area contributed by atoms with Crippen molar-refractivity contribution >= 4 is 11.5 Å². The molecule has 0 aliphatic carbocycles. The molecule has 0 saturated heterocycles. The van der Waals surface area contributed by atoms with Gasteiger partial charge in [-0.2, -0.15) is 0 Å². The first-order valence-corrected chi connectivity index (χ1v) is 6.61. The first-order valence-electron chi connectivity index (χ1n) is 6.61. The van der Waals surface area contributed by atoms with Crippen LogP contribution in [0.3, 0.4) is 0 Å². The van der Waals surface area contributed by atoms with Gasteiger partial charge in [-0.25, -0.2) is 4.98 Å². The Hall–Kier alpha value is -2.70. The van der Waals surface area contributed by atoms with Crippen molar-refractivity contribution < 1.29 is 9.66 Å². The maximum atomic E-state index is 10.9. The van der Waals surface area contributed by atoms with E-state index in [9.17, 15) is 10.1 Å². The number of nitrogens with one attached hydrogen (secondary N) is 1. The maximum Gasteiger partial charge on any atom is 0.310 e. The Kier molecular flexibility index (Phi) is 5.03. The van der Waals surface area contributed by atoms with Crippen LogP contribution in [-0.2, 0) is 6.61 Å². The van der Waals surface area contributed by atoms with Gasteiger partial charge in [0.25, 0.3) is 0 Å². The van der Waals surface area contributed by atoms with Gasteiger partial charge in [0.1, 0.15) is 12.4 Å². The number of aromatic nitrogens is 2. The molecule has 1 aromatic carbocycles. The molecule has 7 nitrogen and oxygen atoms in total. The quantitative estimate of drug-likeness (QED) is 0.622. The Morgan fingerprint density at radius 2 is 2.10 bits per heavy atom. The maximum absolute atomic E-state index is 10.9. The zero-order valence-electron chi connectivity index (χ0n) is 11.7. The molecule has 0 unspecified atom stereocenters. The fourth-order valence-electron chi connectivity index (χ4n) is 1.66. The molecule has 0 saturated carbocycles. The van der Waals surface area contributed by atoms with Crippen LogP contribution in [0.2, 0.25) is 0 Å². The number of para-hydroxylation sites is 2. The van der Waals surface area contributed by atoms with Crippen LogP contribution in [0.15, 0.2) is 36.7 Å². The molecule has 7 heteroatoms. The Morgan fingerprint density at radius 1 is 1.29 bits per heavy atom. The summed E-state index contributed by atoms with van der Waals surface area (Å²) < 4.78 is 5.44. The van der Waals surface area contributed by atoms with E-state index < -0.39 is 4.92 Å². The second-order valence-electron chi connectivity index (χ2n) is 4.33. The number of nitro groups is 1. The van der Waals surface area contributed by atoms with E-state index in [1.54, 1.807) is 30.6 Å². The summed E-state index contributed by atoms with van der Waals surface area (Å²) in [6, 6.07) is 6.24. The van der Waals surface area contributed by atoms with Crippen LogP contribution in [0.1, 0.15) is 19.0 Å². The van der Waals surface area contributed by atoms with Crippen molar-refractivity contribution in [2.45, 2.75) is 20.0 Å². The molecule has 0 spiro atoms. The van der Waals surface area contributed by atoms with Crippen LogP contribution in [-0.4, -0.2) is 21.4 Å². The smallest absolute Gasteiger partial charge is 0.310 e. The molecule has 0 atom stereocenters. The summed E-state index contributed by atoms with van der Waals surface area (Å²) in [5.74, 6) is 0.920. The lowest BCUT2D eigenvalue weighted by Crippen LogP contribution is -2.05. The molecule has 2 aromatic rings. The molecule has 0 fully saturated rings. The molecule has 110 valence electrons. The molecular formula is C14H16N4O3. The SMILES string of the molecule is CCCNc1cnc(COc2ccccc2[N+](=O)[O-])cn1. The zero-order valence-corrected chi connectivity index (χ0v) is 11.7. The van der Waals surface area contributed by atoms with Crippen molar-refractivity contribution in [2.24, 2.45) is 0 Å². The minimum Gasteiger partial charge on any atom is -0.480 e. The van der Waals surface area contributed by atoms with Gasteiger partial charge in [0, 0.05) is 12.6 Å². The number of rotatable bonds is 7. The Labute approximate surface area is 122 Å². The molecule has 1 heterocycles. The number of nitro benzene ring substituents is 1. The fourth-order valence-corrected chi connectivity index (χ4v) is 1.66. The van der Waals surface area contributed by atoms with E-state index in [0.717, 1.165) is 13.0 Å². The van der Waals surface area contributed by atoms with Crippen molar-refractivity contribution in [3.8, 4) is 5.75 Å². The largest absolute Gasteiger partial charge is 0.480 e. The summed E-state index contributed by atoms with van der Waals surface area (Å²) in [5.41, 5.74) is 0.543. The number of hydrogen-bond acceptors (Lipinski definition) is 6. The Balaban J connectivity index is 1.98. The van der Waals surface area contributed by atoms with Crippen LogP contribution in [0, 0.1) is 10.1 Å². The minimum absolute atomic E-state index is 0.0632. The van der Waals surface area contributed by atoms with E-state index in [1.807, 2.05) is 0 Å². The van der Waals surface area contributed by atoms with Crippen molar-refractivity contribution in [1.82, 2.24) is 9.97 Å². The van der Waals surface area contributed by atoms with Crippen LogP contribution < -0.4 is 10.1 Å². The van der Waals surface area contributed by atoms with Gasteiger partial charge in [-0.15, -0.1) is 0 Å². The summed E-state index contributed by atoms with van der Waals surface area (Å²) in [7, 11) is 0. The average Bonchev–Trinajstić information content (AvgIpc) is 2.52. The number of anilines is 1. The van der Waals surface area contributed by atoms with Gasteiger partial charge in [0.2, 0.25) is 0 Å². The first-order chi connectivity index (χ1) is 10.2. The molecule has 0 aliphatic heterocycles. The van der Waals surface area contributed by atoms with E-state index in [1.165, 1.54) is 6.07 Å². The van der Waals surface area contributed by atoms with Crippen molar-refractivity contribution in [2.75, 3.05) is 11.9 Å². The van der Waals surface area contributed by atoms with Gasteiger partial charge in [-0.05, 0) is 12.5 Å². The molecule has 1 aromatic heterocycles. The summed E-state index contributed by atoms with van der Waals surface area (Å²) in [6.45, 7) is 3.03. The standard InChI is InChI=1S/C14H16N4O3/c1-2-7-15-14-9-16-11(8-17-14)10-21-13-6-4-3-5-12(13)18(19)20/h3-6,8-9H,2,7,10H2,1H3,(H,15,17). The van der Waals surface area contributed by atoms with Gasteiger partial charge < -0.3 is 10.1 Å². The monoisotopic (exact) mass is 288 g/mol. The molecule has 0 bridgehead atoms. The molecule has 2 rings (SSSR count). The molecule has 0 amide bonds. The van der Waals surface area contributed by atoms with Gasteiger partial charge in [0.05, 0.1) is 23.0 Å². The van der Waals surface area contributed by atoms with Crippen LogP contribution >= 0.6 is 0 Å². The predicted molar refractivity (Wildman–Crippen MR) is 78.2 cm³/mol. The second-order valence-corrected chi connectivity index (χ2v) is 4.33. The van der Waals surface area contributed by atoms with Gasteiger partial charge >= 0.3 is 5.69 Å². The third kappa shape index (κ3) is 4.13. The van der Waals surface area contributed by atoms with Crippen molar-refractivity contribution in [3.63, 3.8) is 0 Å². The Bertz CT molecular complexity index is 601. The lowest BCUT2D eigenvalue weighted by atomic mass is 10.3. The third-order valence-electron chi connectivity index (χ3n) is 2.70. The topological polar surface area (TPSA) is 90.2 Å². The lowest BCUT2D eigenvalue weighted by Gasteiger charge is -2.07. The number of nitrogens with zero attached hydrogens (tertiary/aromatic N) is 3. The summed E-state index contributed by atoms with van der Waals surface area (Å²) in [4.78, 5) is 18.8. The fraction of sp³-hybridized carbons (Fsp3) is 0.286. The molecule has 1 N–H and O–H groups in total. The van der Waals surface area contributed by atoms with E-state index >= 15 is 0 Å². The van der Waals surface area contributed by atoms with E-state index in [2.05, 4.69) is 22.2 Å². The second kappa shape index (κ2) is 7.18. The van der Waals surface area contributed by atoms with E-state index in [0.29, 0.717) is 11.5 Å².